The molecule has 0 amide bonds. The summed E-state index contributed by atoms with van der Waals surface area (Å²) in [5, 5.41) is 17.0. The van der Waals surface area contributed by atoms with Crippen LogP contribution in [0, 0.1) is 0 Å². The van der Waals surface area contributed by atoms with Gasteiger partial charge in [-0.1, -0.05) is 0 Å². The summed E-state index contributed by atoms with van der Waals surface area (Å²) in [7, 11) is 4.83. The highest BCUT2D eigenvalue weighted by molar-refractivity contribution is 5.93. The molecular formula is C23H25F3N8O2. The average molecular weight is 503 g/mol. The molecule has 5 rings (SSSR count). The average Bonchev–Trinajstić information content (AvgIpc) is 3.44. The normalized spacial score (nSPS) is 18.5. The number of nitrogens with zero attached hydrogens (tertiary/aromatic N) is 7. The zero-order chi connectivity index (χ0) is 25.6. The van der Waals surface area contributed by atoms with Gasteiger partial charge in [-0.2, -0.15) is 23.4 Å². The van der Waals surface area contributed by atoms with E-state index in [9.17, 15) is 18.0 Å². The van der Waals surface area contributed by atoms with Crippen molar-refractivity contribution in [3.63, 3.8) is 0 Å². The number of anilines is 1. The summed E-state index contributed by atoms with van der Waals surface area (Å²) < 4.78 is 49.8. The first-order valence-electron chi connectivity index (χ1n) is 11.5. The third-order valence-corrected chi connectivity index (χ3v) is 6.45. The molecule has 0 bridgehead atoms. The summed E-state index contributed by atoms with van der Waals surface area (Å²) in [5.41, 5.74) is 0.124. The van der Waals surface area contributed by atoms with E-state index in [1.165, 1.54) is 7.05 Å². The maximum atomic E-state index is 13.2. The quantitative estimate of drug-likeness (QED) is 0.445. The van der Waals surface area contributed by atoms with Crippen LogP contribution in [0.4, 0.5) is 19.0 Å². The Morgan fingerprint density at radius 1 is 1.08 bits per heavy atom. The van der Waals surface area contributed by atoms with Crippen LogP contribution >= 0.6 is 0 Å². The van der Waals surface area contributed by atoms with E-state index in [0.717, 1.165) is 28.0 Å². The van der Waals surface area contributed by atoms with Gasteiger partial charge < -0.3 is 10.1 Å². The lowest BCUT2D eigenvalue weighted by Crippen LogP contribution is -2.31. The smallest absolute Gasteiger partial charge is 0.421 e. The molecule has 0 aliphatic heterocycles. The Labute approximate surface area is 203 Å². The fourth-order valence-corrected chi connectivity index (χ4v) is 4.62. The molecule has 1 saturated carbocycles. The van der Waals surface area contributed by atoms with E-state index in [0.29, 0.717) is 36.4 Å². The van der Waals surface area contributed by atoms with Crippen LogP contribution < -0.4 is 15.6 Å². The van der Waals surface area contributed by atoms with Gasteiger partial charge in [0.1, 0.15) is 23.2 Å². The zero-order valence-corrected chi connectivity index (χ0v) is 20.0. The molecule has 0 aromatic carbocycles. The molecule has 1 fully saturated rings. The van der Waals surface area contributed by atoms with E-state index < -0.39 is 17.3 Å². The van der Waals surface area contributed by atoms with Crippen molar-refractivity contribution in [2.45, 2.75) is 44.0 Å². The van der Waals surface area contributed by atoms with E-state index in [-0.39, 0.29) is 18.0 Å². The lowest BCUT2D eigenvalue weighted by molar-refractivity contribution is -0.139. The molecule has 190 valence electrons. The second-order valence-corrected chi connectivity index (χ2v) is 8.90. The van der Waals surface area contributed by atoms with Gasteiger partial charge >= 0.3 is 6.18 Å². The minimum Gasteiger partial charge on any atom is -0.473 e. The number of fused-ring (bicyclic) bond motifs is 1. The van der Waals surface area contributed by atoms with Gasteiger partial charge in [0.25, 0.3) is 5.56 Å². The molecular weight excluding hydrogens is 477 g/mol. The number of aromatic nitrogens is 7. The van der Waals surface area contributed by atoms with Crippen LogP contribution in [-0.4, -0.2) is 47.5 Å². The molecule has 0 spiro atoms. The van der Waals surface area contributed by atoms with E-state index in [2.05, 4.69) is 20.5 Å². The number of halogens is 3. The molecule has 0 unspecified atom stereocenters. The summed E-state index contributed by atoms with van der Waals surface area (Å²) >= 11 is 0. The number of ether oxygens (including phenoxy) is 1. The molecule has 13 heteroatoms. The number of rotatable bonds is 5. The molecule has 1 aliphatic carbocycles. The van der Waals surface area contributed by atoms with Crippen LogP contribution in [0.15, 0.2) is 35.5 Å². The number of hydrogen-bond acceptors (Lipinski definition) is 7. The number of hydrogen-bond donors (Lipinski definition) is 1. The van der Waals surface area contributed by atoms with E-state index in [1.54, 1.807) is 24.1 Å². The summed E-state index contributed by atoms with van der Waals surface area (Å²) in [6.07, 6.45) is 2.99. The molecule has 1 N–H and O–H groups in total. The van der Waals surface area contributed by atoms with Gasteiger partial charge in [-0.15, -0.1) is 5.10 Å². The molecule has 4 aromatic rings. The molecule has 4 aromatic heterocycles. The topological polar surface area (TPSA) is 105 Å². The van der Waals surface area contributed by atoms with Gasteiger partial charge in [-0.05, 0) is 25.7 Å². The van der Waals surface area contributed by atoms with Crippen molar-refractivity contribution in [2.24, 2.45) is 14.1 Å². The van der Waals surface area contributed by atoms with Gasteiger partial charge in [0.15, 0.2) is 0 Å². The van der Waals surface area contributed by atoms with Gasteiger partial charge in [0.05, 0.1) is 17.8 Å². The fourth-order valence-electron chi connectivity index (χ4n) is 4.62. The highest BCUT2D eigenvalue weighted by Crippen LogP contribution is 2.36. The fraction of sp³-hybridized carbons (Fsp3) is 0.435. The predicted molar refractivity (Wildman–Crippen MR) is 126 cm³/mol. The van der Waals surface area contributed by atoms with Crippen molar-refractivity contribution >= 4 is 16.7 Å². The zero-order valence-electron chi connectivity index (χ0n) is 20.0. The van der Waals surface area contributed by atoms with E-state index in [1.807, 2.05) is 24.0 Å². The van der Waals surface area contributed by atoms with Gasteiger partial charge in [0.2, 0.25) is 5.88 Å². The van der Waals surface area contributed by atoms with Crippen molar-refractivity contribution < 1.29 is 17.9 Å². The standard InChI is InChI=1S/C23H25F3N8O2/c1-27-19-9-18-16(11-28-19)21(13-10-29-32(2)12-13)31-34(18)14-4-6-15(7-5-14)36-20-8-17(23(24,25)26)22(35)33(3)30-20/h8-12,14-15H,4-7H2,1-3H3,(H,27,28). The van der Waals surface area contributed by atoms with Crippen molar-refractivity contribution in [3.05, 3.63) is 46.6 Å². The molecule has 4 heterocycles. The number of nitrogens with one attached hydrogen (secondary N) is 1. The van der Waals surface area contributed by atoms with Crippen LogP contribution in [0.25, 0.3) is 22.2 Å². The minimum absolute atomic E-state index is 0.0729. The highest BCUT2D eigenvalue weighted by Gasteiger charge is 2.36. The Bertz CT molecular complexity index is 1460. The van der Waals surface area contributed by atoms with Crippen LogP contribution in [0.1, 0.15) is 37.3 Å². The Hall–Kier alpha value is -3.90. The van der Waals surface area contributed by atoms with Crippen LogP contribution in [-0.2, 0) is 20.3 Å². The maximum Gasteiger partial charge on any atom is 0.421 e. The van der Waals surface area contributed by atoms with Crippen molar-refractivity contribution in [3.8, 4) is 17.1 Å². The molecule has 10 nitrogen and oxygen atoms in total. The number of pyridine rings is 1. The number of alkyl halides is 3. The first kappa shape index (κ1) is 23.8. The van der Waals surface area contributed by atoms with Gasteiger partial charge in [0, 0.05) is 56.6 Å². The maximum absolute atomic E-state index is 13.2. The second kappa shape index (κ2) is 8.95. The lowest BCUT2D eigenvalue weighted by Gasteiger charge is -2.29. The second-order valence-electron chi connectivity index (χ2n) is 8.90. The summed E-state index contributed by atoms with van der Waals surface area (Å²) in [4.78, 5) is 16.3. The monoisotopic (exact) mass is 502 g/mol. The molecule has 0 radical (unpaired) electrons. The summed E-state index contributed by atoms with van der Waals surface area (Å²) in [6, 6.07) is 2.71. The van der Waals surface area contributed by atoms with E-state index >= 15 is 0 Å². The van der Waals surface area contributed by atoms with Crippen LogP contribution in [0.3, 0.4) is 0 Å². The van der Waals surface area contributed by atoms with Crippen molar-refractivity contribution in [1.29, 1.82) is 0 Å². The molecule has 0 atom stereocenters. The SMILES string of the molecule is CNc1cc2c(cn1)c(-c1cnn(C)c1)nn2C1CCC(Oc2cc(C(F)(F)F)c(=O)n(C)n2)CC1. The Morgan fingerprint density at radius 3 is 2.47 bits per heavy atom. The third-order valence-electron chi connectivity index (χ3n) is 6.45. The number of aryl methyl sites for hydroxylation is 2. The minimum atomic E-state index is -4.78. The van der Waals surface area contributed by atoms with Gasteiger partial charge in [-0.3, -0.25) is 14.2 Å². The van der Waals surface area contributed by atoms with Crippen LogP contribution in [0.2, 0.25) is 0 Å². The van der Waals surface area contributed by atoms with Gasteiger partial charge in [-0.25, -0.2) is 9.67 Å². The Balaban J connectivity index is 1.38. The van der Waals surface area contributed by atoms with Crippen molar-refractivity contribution in [2.75, 3.05) is 12.4 Å². The molecule has 36 heavy (non-hydrogen) atoms. The van der Waals surface area contributed by atoms with Crippen LogP contribution in [0.5, 0.6) is 5.88 Å². The van der Waals surface area contributed by atoms with Crippen molar-refractivity contribution in [1.82, 2.24) is 34.3 Å². The predicted octanol–water partition coefficient (Wildman–Crippen LogP) is 3.55. The Kier molecular flexibility index (Phi) is 5.92. The lowest BCUT2D eigenvalue weighted by atomic mass is 9.93. The largest absolute Gasteiger partial charge is 0.473 e. The molecule has 1 aliphatic rings. The third kappa shape index (κ3) is 4.40. The first-order chi connectivity index (χ1) is 17.1. The summed E-state index contributed by atoms with van der Waals surface area (Å²) in [6.45, 7) is 0. The summed E-state index contributed by atoms with van der Waals surface area (Å²) in [5.74, 6) is 0.514. The first-order valence-corrected chi connectivity index (χ1v) is 11.5. The van der Waals surface area contributed by atoms with E-state index in [4.69, 9.17) is 9.84 Å². The molecule has 0 saturated heterocycles. The Morgan fingerprint density at radius 2 is 1.83 bits per heavy atom. The highest BCUT2D eigenvalue weighted by atomic mass is 19.4.